The van der Waals surface area contributed by atoms with Gasteiger partial charge in [0, 0.05) is 35.4 Å². The minimum absolute atomic E-state index is 0.123. The molecule has 2 aromatic carbocycles. The van der Waals surface area contributed by atoms with Crippen molar-refractivity contribution >= 4 is 44.8 Å². The van der Waals surface area contributed by atoms with Crippen molar-refractivity contribution in [3.05, 3.63) is 64.8 Å². The lowest BCUT2D eigenvalue weighted by Crippen LogP contribution is -2.47. The van der Waals surface area contributed by atoms with Crippen LogP contribution in [0.4, 0.5) is 17.1 Å². The van der Waals surface area contributed by atoms with Gasteiger partial charge in [-0.1, -0.05) is 15.9 Å². The lowest BCUT2D eigenvalue weighted by atomic mass is 10.2. The van der Waals surface area contributed by atoms with E-state index in [2.05, 4.69) is 45.4 Å². The van der Waals surface area contributed by atoms with Gasteiger partial charge in [0.2, 0.25) is 5.91 Å². The van der Waals surface area contributed by atoms with Crippen LogP contribution < -0.4 is 20.7 Å². The van der Waals surface area contributed by atoms with Crippen LogP contribution in [-0.2, 0) is 9.59 Å². The molecule has 0 unspecified atom stereocenters. The second-order valence-corrected chi connectivity index (χ2v) is 7.23. The Balaban J connectivity index is 1.68. The summed E-state index contributed by atoms with van der Waals surface area (Å²) in [6.45, 7) is 6.08. The summed E-state index contributed by atoms with van der Waals surface area (Å²) in [5.74, 6) is -0.410. The number of hydrazine groups is 1. The molecule has 3 rings (SSSR count). The quantitative estimate of drug-likeness (QED) is 0.707. The minimum atomic E-state index is -0.287. The first-order valence-electron chi connectivity index (χ1n) is 9.23. The summed E-state index contributed by atoms with van der Waals surface area (Å²) >= 11 is 3.38. The summed E-state index contributed by atoms with van der Waals surface area (Å²) in [5, 5.41) is 4.27. The molecule has 1 heterocycles. The molecule has 1 aliphatic heterocycles. The Morgan fingerprint density at radius 1 is 1.11 bits per heavy atom. The van der Waals surface area contributed by atoms with Crippen LogP contribution in [0.1, 0.15) is 20.3 Å². The molecular formula is C21H23BrN4O2. The zero-order valence-corrected chi connectivity index (χ0v) is 17.5. The van der Waals surface area contributed by atoms with Gasteiger partial charge in [-0.15, -0.1) is 0 Å². The van der Waals surface area contributed by atoms with E-state index in [9.17, 15) is 9.59 Å². The molecule has 7 heteroatoms. The molecule has 0 saturated heterocycles. The van der Waals surface area contributed by atoms with E-state index in [1.807, 2.05) is 48.5 Å². The van der Waals surface area contributed by atoms with Crippen molar-refractivity contribution < 1.29 is 9.59 Å². The average molecular weight is 443 g/mol. The number of anilines is 3. The van der Waals surface area contributed by atoms with E-state index in [1.165, 1.54) is 5.01 Å². The molecule has 6 nitrogen and oxygen atoms in total. The summed E-state index contributed by atoms with van der Waals surface area (Å²) in [5.41, 5.74) is 5.76. The molecule has 0 atom stereocenters. The van der Waals surface area contributed by atoms with Crippen LogP contribution in [0.15, 0.2) is 64.8 Å². The van der Waals surface area contributed by atoms with Gasteiger partial charge >= 0.3 is 0 Å². The SMILES string of the molecule is CCN(CC)c1ccc(NC(=O)C2=CCC(=O)N(c3ccc(Br)cc3)N2)cc1. The highest BCUT2D eigenvalue weighted by atomic mass is 79.9. The number of carbonyl (C=O) groups is 2. The van der Waals surface area contributed by atoms with Crippen LogP contribution in [0.3, 0.4) is 0 Å². The Labute approximate surface area is 173 Å². The maximum atomic E-state index is 12.6. The molecule has 2 amide bonds. The van der Waals surface area contributed by atoms with Gasteiger partial charge in [0.25, 0.3) is 5.91 Å². The predicted octanol–water partition coefficient (Wildman–Crippen LogP) is 4.06. The average Bonchev–Trinajstić information content (AvgIpc) is 2.71. The maximum absolute atomic E-state index is 12.6. The molecule has 0 aliphatic carbocycles. The number of hydrogen-bond donors (Lipinski definition) is 2. The molecule has 2 N–H and O–H groups in total. The molecule has 2 aromatic rings. The third-order valence-electron chi connectivity index (χ3n) is 4.55. The van der Waals surface area contributed by atoms with E-state index in [1.54, 1.807) is 6.08 Å². The van der Waals surface area contributed by atoms with E-state index in [0.717, 1.165) is 23.2 Å². The summed E-state index contributed by atoms with van der Waals surface area (Å²) in [4.78, 5) is 27.1. The van der Waals surface area contributed by atoms with Crippen LogP contribution in [-0.4, -0.2) is 24.9 Å². The largest absolute Gasteiger partial charge is 0.372 e. The van der Waals surface area contributed by atoms with Crippen molar-refractivity contribution in [2.24, 2.45) is 0 Å². The van der Waals surface area contributed by atoms with Crippen LogP contribution in [0.2, 0.25) is 0 Å². The molecule has 0 spiro atoms. The molecule has 0 bridgehead atoms. The Bertz CT molecular complexity index is 874. The third-order valence-corrected chi connectivity index (χ3v) is 5.07. The highest BCUT2D eigenvalue weighted by Crippen LogP contribution is 2.22. The second kappa shape index (κ2) is 8.93. The number of carbonyl (C=O) groups excluding carboxylic acids is 2. The smallest absolute Gasteiger partial charge is 0.273 e. The second-order valence-electron chi connectivity index (χ2n) is 6.31. The van der Waals surface area contributed by atoms with Crippen molar-refractivity contribution in [1.29, 1.82) is 0 Å². The summed E-state index contributed by atoms with van der Waals surface area (Å²) in [6, 6.07) is 15.0. The van der Waals surface area contributed by atoms with Crippen molar-refractivity contribution in [3.8, 4) is 0 Å². The van der Waals surface area contributed by atoms with Crippen LogP contribution >= 0.6 is 15.9 Å². The van der Waals surface area contributed by atoms with Crippen LogP contribution in [0.5, 0.6) is 0 Å². The summed E-state index contributed by atoms with van der Waals surface area (Å²) < 4.78 is 0.919. The third kappa shape index (κ3) is 4.54. The normalized spacial score (nSPS) is 13.6. The zero-order chi connectivity index (χ0) is 20.1. The van der Waals surface area contributed by atoms with Gasteiger partial charge in [0.1, 0.15) is 5.70 Å². The lowest BCUT2D eigenvalue weighted by molar-refractivity contribution is -0.119. The van der Waals surface area contributed by atoms with Crippen LogP contribution in [0, 0.1) is 0 Å². The van der Waals surface area contributed by atoms with Gasteiger partial charge in [0.05, 0.1) is 5.69 Å². The van der Waals surface area contributed by atoms with Crippen molar-refractivity contribution in [2.75, 3.05) is 28.3 Å². The van der Waals surface area contributed by atoms with Gasteiger partial charge in [-0.2, -0.15) is 0 Å². The molecule has 28 heavy (non-hydrogen) atoms. The number of rotatable bonds is 6. The minimum Gasteiger partial charge on any atom is -0.372 e. The first-order valence-corrected chi connectivity index (χ1v) is 10.0. The Morgan fingerprint density at radius 2 is 1.75 bits per heavy atom. The molecule has 146 valence electrons. The van der Waals surface area contributed by atoms with E-state index < -0.39 is 0 Å². The van der Waals surface area contributed by atoms with E-state index in [-0.39, 0.29) is 18.2 Å². The van der Waals surface area contributed by atoms with E-state index in [0.29, 0.717) is 17.1 Å². The molecule has 0 fully saturated rings. The number of nitrogens with zero attached hydrogens (tertiary/aromatic N) is 2. The van der Waals surface area contributed by atoms with Crippen LogP contribution in [0.25, 0.3) is 0 Å². The van der Waals surface area contributed by atoms with E-state index >= 15 is 0 Å². The first-order chi connectivity index (χ1) is 13.5. The number of benzene rings is 2. The number of nitrogens with one attached hydrogen (secondary N) is 2. The fraction of sp³-hybridized carbons (Fsp3) is 0.238. The summed E-state index contributed by atoms with van der Waals surface area (Å²) in [7, 11) is 0. The Hall–Kier alpha value is -2.80. The lowest BCUT2D eigenvalue weighted by Gasteiger charge is -2.28. The van der Waals surface area contributed by atoms with E-state index in [4.69, 9.17) is 0 Å². The first kappa shape index (κ1) is 19.9. The Kier molecular flexibility index (Phi) is 6.36. The number of amides is 2. The molecule has 0 saturated carbocycles. The maximum Gasteiger partial charge on any atom is 0.273 e. The molecule has 0 aromatic heterocycles. The highest BCUT2D eigenvalue weighted by Gasteiger charge is 2.24. The standard InChI is InChI=1S/C21H23BrN4O2/c1-3-25(4-2)17-11-7-16(8-12-17)23-21(28)19-13-14-20(27)26(24-19)18-9-5-15(22)6-10-18/h5-13,24H,3-4,14H2,1-2H3,(H,23,28). The highest BCUT2D eigenvalue weighted by molar-refractivity contribution is 9.10. The number of hydrogen-bond acceptors (Lipinski definition) is 4. The molecule has 1 aliphatic rings. The Morgan fingerprint density at radius 3 is 2.36 bits per heavy atom. The zero-order valence-electron chi connectivity index (χ0n) is 15.9. The summed E-state index contributed by atoms with van der Waals surface area (Å²) in [6.07, 6.45) is 1.77. The topological polar surface area (TPSA) is 64.7 Å². The molecule has 0 radical (unpaired) electrons. The van der Waals surface area contributed by atoms with Gasteiger partial charge < -0.3 is 10.2 Å². The van der Waals surface area contributed by atoms with Gasteiger partial charge in [-0.3, -0.25) is 15.0 Å². The fourth-order valence-electron chi connectivity index (χ4n) is 2.99. The molecular weight excluding hydrogens is 420 g/mol. The van der Waals surface area contributed by atoms with Gasteiger partial charge in [0.15, 0.2) is 0 Å². The van der Waals surface area contributed by atoms with Crippen molar-refractivity contribution in [3.63, 3.8) is 0 Å². The van der Waals surface area contributed by atoms with Crippen molar-refractivity contribution in [1.82, 2.24) is 5.43 Å². The monoisotopic (exact) mass is 442 g/mol. The predicted molar refractivity (Wildman–Crippen MR) is 116 cm³/mol. The van der Waals surface area contributed by atoms with Gasteiger partial charge in [-0.05, 0) is 68.5 Å². The fourth-order valence-corrected chi connectivity index (χ4v) is 3.26. The number of halogens is 1. The van der Waals surface area contributed by atoms with Gasteiger partial charge in [-0.25, -0.2) is 5.01 Å². The van der Waals surface area contributed by atoms with Crippen molar-refractivity contribution in [2.45, 2.75) is 20.3 Å².